The van der Waals surface area contributed by atoms with Gasteiger partial charge in [-0.15, -0.1) is 0 Å². The maximum Gasteiger partial charge on any atom is 0.324 e. The molecule has 2 aromatic carbocycles. The average molecular weight is 497 g/mol. The van der Waals surface area contributed by atoms with E-state index in [1.807, 2.05) is 16.7 Å². The standard InChI is InChI=1S/C24H21ClN4O4S/c1-33-24(30)20-12-19-21(28(15-27-19)13-16-7-9-18(25)10-8-16)14-29(20)34(31,32)22-6-2-4-17-5-3-11-26-23(17)22/h2-11,15,20H,12-14H2,1H3. The van der Waals surface area contributed by atoms with E-state index in [0.29, 0.717) is 28.2 Å². The number of nitrogens with zero attached hydrogens (tertiary/aromatic N) is 4. The molecule has 10 heteroatoms. The molecule has 4 aromatic rings. The first-order valence-electron chi connectivity index (χ1n) is 10.6. The van der Waals surface area contributed by atoms with Crippen molar-refractivity contribution in [2.24, 2.45) is 0 Å². The molecule has 0 saturated carbocycles. The molecule has 8 nitrogen and oxygen atoms in total. The molecule has 0 amide bonds. The van der Waals surface area contributed by atoms with Crippen molar-refractivity contribution in [1.82, 2.24) is 18.8 Å². The summed E-state index contributed by atoms with van der Waals surface area (Å²) in [6, 6.07) is 14.9. The fourth-order valence-electron chi connectivity index (χ4n) is 4.27. The van der Waals surface area contributed by atoms with E-state index < -0.39 is 22.0 Å². The number of sulfonamides is 1. The lowest BCUT2D eigenvalue weighted by molar-refractivity contribution is -0.145. The molecule has 3 heterocycles. The van der Waals surface area contributed by atoms with Crippen molar-refractivity contribution in [1.29, 1.82) is 0 Å². The number of aromatic nitrogens is 3. The summed E-state index contributed by atoms with van der Waals surface area (Å²) in [4.78, 5) is 21.5. The first kappa shape index (κ1) is 22.5. The summed E-state index contributed by atoms with van der Waals surface area (Å²) in [5.41, 5.74) is 2.75. The van der Waals surface area contributed by atoms with Crippen LogP contribution in [0.4, 0.5) is 0 Å². The molecule has 2 aromatic heterocycles. The predicted octanol–water partition coefficient (Wildman–Crippen LogP) is 3.42. The molecule has 5 rings (SSSR count). The molecule has 0 bridgehead atoms. The zero-order valence-corrected chi connectivity index (χ0v) is 19.8. The van der Waals surface area contributed by atoms with Crippen molar-refractivity contribution < 1.29 is 17.9 Å². The molecular weight excluding hydrogens is 476 g/mol. The summed E-state index contributed by atoms with van der Waals surface area (Å²) in [6.07, 6.45) is 3.34. The molecule has 0 spiro atoms. The fraction of sp³-hybridized carbons (Fsp3) is 0.208. The number of hydrogen-bond acceptors (Lipinski definition) is 6. The van der Waals surface area contributed by atoms with Gasteiger partial charge in [-0.2, -0.15) is 4.31 Å². The minimum Gasteiger partial charge on any atom is -0.468 e. The second-order valence-electron chi connectivity index (χ2n) is 8.02. The lowest BCUT2D eigenvalue weighted by atomic mass is 10.1. The first-order valence-corrected chi connectivity index (χ1v) is 12.4. The van der Waals surface area contributed by atoms with Gasteiger partial charge in [0, 0.05) is 29.6 Å². The highest BCUT2D eigenvalue weighted by molar-refractivity contribution is 7.89. The maximum atomic E-state index is 13.9. The Bertz CT molecular complexity index is 1480. The summed E-state index contributed by atoms with van der Waals surface area (Å²) >= 11 is 6.00. The van der Waals surface area contributed by atoms with Crippen LogP contribution in [0.1, 0.15) is 17.0 Å². The van der Waals surface area contributed by atoms with E-state index in [2.05, 4.69) is 9.97 Å². The smallest absolute Gasteiger partial charge is 0.324 e. The van der Waals surface area contributed by atoms with Crippen LogP contribution in [0.5, 0.6) is 0 Å². The number of hydrogen-bond donors (Lipinski definition) is 0. The summed E-state index contributed by atoms with van der Waals surface area (Å²) in [6.45, 7) is 0.473. The maximum absolute atomic E-state index is 13.9. The van der Waals surface area contributed by atoms with Gasteiger partial charge in [0.25, 0.3) is 0 Å². The van der Waals surface area contributed by atoms with Crippen molar-refractivity contribution in [3.05, 3.63) is 89.1 Å². The van der Waals surface area contributed by atoms with Crippen molar-refractivity contribution in [2.45, 2.75) is 30.4 Å². The number of imidazole rings is 1. The molecule has 0 radical (unpaired) electrons. The molecule has 1 unspecified atom stereocenters. The SMILES string of the molecule is COC(=O)C1Cc2ncn(Cc3ccc(Cl)cc3)c2CN1S(=O)(=O)c1cccc2cccnc12. The van der Waals surface area contributed by atoms with E-state index in [9.17, 15) is 13.2 Å². The van der Waals surface area contributed by atoms with E-state index in [1.165, 1.54) is 17.5 Å². The molecule has 0 fully saturated rings. The second kappa shape index (κ2) is 8.83. The quantitative estimate of drug-likeness (QED) is 0.393. The molecule has 174 valence electrons. The number of esters is 1. The molecule has 1 aliphatic heterocycles. The first-order chi connectivity index (χ1) is 16.4. The molecule has 34 heavy (non-hydrogen) atoms. The van der Waals surface area contributed by atoms with Crippen molar-refractivity contribution >= 4 is 38.5 Å². The van der Waals surface area contributed by atoms with Crippen LogP contribution >= 0.6 is 11.6 Å². The highest BCUT2D eigenvalue weighted by Crippen LogP contribution is 2.32. The number of halogens is 1. The Kier molecular flexibility index (Phi) is 5.85. The van der Waals surface area contributed by atoms with Crippen LogP contribution in [0.15, 0.2) is 72.0 Å². The Labute approximate surface area is 201 Å². The topological polar surface area (TPSA) is 94.4 Å². The average Bonchev–Trinajstić information content (AvgIpc) is 3.25. The summed E-state index contributed by atoms with van der Waals surface area (Å²) in [5.74, 6) is -0.630. The molecule has 1 atom stereocenters. The Morgan fingerprint density at radius 1 is 1.12 bits per heavy atom. The van der Waals surface area contributed by atoms with E-state index in [-0.39, 0.29) is 17.9 Å². The van der Waals surface area contributed by atoms with Crippen LogP contribution in [-0.4, -0.2) is 46.4 Å². The largest absolute Gasteiger partial charge is 0.468 e. The van der Waals surface area contributed by atoms with Crippen molar-refractivity contribution in [3.63, 3.8) is 0 Å². The van der Waals surface area contributed by atoms with Gasteiger partial charge in [0.15, 0.2) is 0 Å². The Morgan fingerprint density at radius 2 is 1.88 bits per heavy atom. The molecule has 0 N–H and O–H groups in total. The molecular formula is C24H21ClN4O4S. The summed E-state index contributed by atoms with van der Waals surface area (Å²) < 4.78 is 35.9. The van der Waals surface area contributed by atoms with Gasteiger partial charge in [-0.05, 0) is 29.8 Å². The minimum absolute atomic E-state index is 0.0196. The van der Waals surface area contributed by atoms with Gasteiger partial charge in [0.1, 0.15) is 10.9 Å². The van der Waals surface area contributed by atoms with Gasteiger partial charge in [-0.3, -0.25) is 9.78 Å². The van der Waals surface area contributed by atoms with E-state index in [1.54, 1.807) is 48.9 Å². The van der Waals surface area contributed by atoms with Gasteiger partial charge >= 0.3 is 5.97 Å². The monoisotopic (exact) mass is 496 g/mol. The number of pyridine rings is 1. The van der Waals surface area contributed by atoms with Crippen molar-refractivity contribution in [3.8, 4) is 0 Å². The highest BCUT2D eigenvalue weighted by Gasteiger charge is 2.42. The highest BCUT2D eigenvalue weighted by atomic mass is 35.5. The third kappa shape index (κ3) is 3.96. The number of rotatable bonds is 5. The summed E-state index contributed by atoms with van der Waals surface area (Å²) in [7, 11) is -2.85. The van der Waals surface area contributed by atoms with E-state index >= 15 is 0 Å². The Balaban J connectivity index is 1.57. The van der Waals surface area contributed by atoms with Crippen LogP contribution < -0.4 is 0 Å². The number of carbonyl (C=O) groups is 1. The Hall–Kier alpha value is -3.27. The number of methoxy groups -OCH3 is 1. The van der Waals surface area contributed by atoms with Crippen LogP contribution in [0.3, 0.4) is 0 Å². The Morgan fingerprint density at radius 3 is 2.65 bits per heavy atom. The summed E-state index contributed by atoms with van der Waals surface area (Å²) in [5, 5.41) is 1.34. The number of benzene rings is 2. The minimum atomic E-state index is -4.10. The van der Waals surface area contributed by atoms with Gasteiger partial charge in [-0.1, -0.05) is 41.9 Å². The predicted molar refractivity (Wildman–Crippen MR) is 127 cm³/mol. The normalized spacial score (nSPS) is 16.4. The van der Waals surface area contributed by atoms with Gasteiger partial charge in [0.05, 0.1) is 36.9 Å². The number of fused-ring (bicyclic) bond motifs is 2. The van der Waals surface area contributed by atoms with Crippen LogP contribution in [0.25, 0.3) is 10.9 Å². The zero-order valence-electron chi connectivity index (χ0n) is 18.3. The van der Waals surface area contributed by atoms with Gasteiger partial charge in [0.2, 0.25) is 10.0 Å². The van der Waals surface area contributed by atoms with Crippen LogP contribution in [-0.2, 0) is 39.1 Å². The molecule has 0 aliphatic carbocycles. The zero-order chi connectivity index (χ0) is 23.9. The van der Waals surface area contributed by atoms with Crippen molar-refractivity contribution in [2.75, 3.05) is 7.11 Å². The number of carbonyl (C=O) groups excluding carboxylic acids is 1. The fourth-order valence-corrected chi connectivity index (χ4v) is 6.10. The molecule has 1 aliphatic rings. The van der Waals surface area contributed by atoms with Crippen LogP contribution in [0.2, 0.25) is 5.02 Å². The lowest BCUT2D eigenvalue weighted by Crippen LogP contribution is -2.49. The van der Waals surface area contributed by atoms with E-state index in [4.69, 9.17) is 16.3 Å². The number of para-hydroxylation sites is 1. The molecule has 0 saturated heterocycles. The van der Waals surface area contributed by atoms with E-state index in [0.717, 1.165) is 11.3 Å². The third-order valence-corrected chi connectivity index (χ3v) is 8.13. The third-order valence-electron chi connectivity index (χ3n) is 5.99. The number of ether oxygens (including phenoxy) is 1. The van der Waals surface area contributed by atoms with Gasteiger partial charge < -0.3 is 9.30 Å². The van der Waals surface area contributed by atoms with Gasteiger partial charge in [-0.25, -0.2) is 13.4 Å². The second-order valence-corrected chi connectivity index (χ2v) is 10.3. The lowest BCUT2D eigenvalue weighted by Gasteiger charge is -2.33. The van der Waals surface area contributed by atoms with Crippen LogP contribution in [0, 0.1) is 0 Å².